The molecule has 0 spiro atoms. The molecule has 2 unspecified atom stereocenters. The van der Waals surface area contributed by atoms with E-state index in [0.29, 0.717) is 6.04 Å². The Balaban J connectivity index is 2.56. The first-order chi connectivity index (χ1) is 7.67. The van der Waals surface area contributed by atoms with Crippen molar-refractivity contribution >= 4 is 27.3 Å². The molecule has 2 atom stereocenters. The number of thiophene rings is 1. The number of ether oxygens (including phenoxy) is 1. The quantitative estimate of drug-likeness (QED) is 0.833. The van der Waals surface area contributed by atoms with Crippen LogP contribution in [0, 0.1) is 0 Å². The van der Waals surface area contributed by atoms with Crippen molar-refractivity contribution < 1.29 is 4.74 Å². The first-order valence-corrected chi connectivity index (χ1v) is 7.37. The van der Waals surface area contributed by atoms with Gasteiger partial charge in [0.25, 0.3) is 0 Å². The lowest BCUT2D eigenvalue weighted by atomic mass is 10.1. The van der Waals surface area contributed by atoms with Crippen LogP contribution < -0.4 is 5.32 Å². The second-order valence-electron chi connectivity index (χ2n) is 3.73. The van der Waals surface area contributed by atoms with Gasteiger partial charge in [0.15, 0.2) is 0 Å². The third kappa shape index (κ3) is 4.53. The standard InChI is InChI=1S/C12H20BrNOS/c1-4-14-11(9(3)15-5-2)8-10-6-7-12(13)16-10/h6-7,9,11,14H,4-5,8H2,1-3H3. The van der Waals surface area contributed by atoms with Gasteiger partial charge in [-0.25, -0.2) is 0 Å². The van der Waals surface area contributed by atoms with Crippen LogP contribution in [-0.4, -0.2) is 25.3 Å². The zero-order chi connectivity index (χ0) is 12.0. The predicted molar refractivity (Wildman–Crippen MR) is 74.3 cm³/mol. The fourth-order valence-electron chi connectivity index (χ4n) is 1.72. The SMILES string of the molecule is CCNC(Cc1ccc(Br)s1)C(C)OCC. The summed E-state index contributed by atoms with van der Waals surface area (Å²) in [5.41, 5.74) is 0. The van der Waals surface area contributed by atoms with Crippen LogP contribution in [0.15, 0.2) is 15.9 Å². The van der Waals surface area contributed by atoms with Crippen molar-refractivity contribution in [2.24, 2.45) is 0 Å². The van der Waals surface area contributed by atoms with Crippen molar-refractivity contribution in [2.75, 3.05) is 13.2 Å². The molecule has 0 aliphatic rings. The van der Waals surface area contributed by atoms with Crippen LogP contribution in [0.4, 0.5) is 0 Å². The van der Waals surface area contributed by atoms with E-state index in [-0.39, 0.29) is 6.10 Å². The Morgan fingerprint density at radius 2 is 2.19 bits per heavy atom. The van der Waals surface area contributed by atoms with Crippen LogP contribution in [0.25, 0.3) is 0 Å². The number of halogens is 1. The average Bonchev–Trinajstić information content (AvgIpc) is 2.64. The second-order valence-corrected chi connectivity index (χ2v) is 6.28. The van der Waals surface area contributed by atoms with Gasteiger partial charge < -0.3 is 10.1 Å². The Bertz CT molecular complexity index is 303. The predicted octanol–water partition coefficient (Wildman–Crippen LogP) is 3.46. The summed E-state index contributed by atoms with van der Waals surface area (Å²) in [5.74, 6) is 0. The van der Waals surface area contributed by atoms with E-state index in [1.807, 2.05) is 6.92 Å². The minimum atomic E-state index is 0.255. The number of hydrogen-bond donors (Lipinski definition) is 1. The lowest BCUT2D eigenvalue weighted by molar-refractivity contribution is 0.0482. The van der Waals surface area contributed by atoms with Crippen molar-refractivity contribution in [3.8, 4) is 0 Å². The molecule has 1 aromatic heterocycles. The molecule has 0 fully saturated rings. The number of nitrogens with one attached hydrogen (secondary N) is 1. The van der Waals surface area contributed by atoms with Gasteiger partial charge in [-0.3, -0.25) is 0 Å². The molecule has 1 rings (SSSR count). The fraction of sp³-hybridized carbons (Fsp3) is 0.667. The number of hydrogen-bond acceptors (Lipinski definition) is 3. The molecule has 1 N–H and O–H groups in total. The Hall–Kier alpha value is 0.1000. The van der Waals surface area contributed by atoms with Crippen molar-refractivity contribution in [3.05, 3.63) is 20.8 Å². The Labute approximate surface area is 111 Å². The lowest BCUT2D eigenvalue weighted by Crippen LogP contribution is -2.41. The molecule has 16 heavy (non-hydrogen) atoms. The van der Waals surface area contributed by atoms with E-state index in [1.165, 1.54) is 8.66 Å². The second kappa shape index (κ2) is 7.43. The van der Waals surface area contributed by atoms with E-state index in [2.05, 4.69) is 47.2 Å². The molecule has 0 aliphatic heterocycles. The third-order valence-electron chi connectivity index (χ3n) is 2.51. The third-order valence-corrected chi connectivity index (χ3v) is 4.16. The highest BCUT2D eigenvalue weighted by Gasteiger charge is 2.17. The van der Waals surface area contributed by atoms with E-state index < -0.39 is 0 Å². The van der Waals surface area contributed by atoms with Crippen LogP contribution in [0.3, 0.4) is 0 Å². The largest absolute Gasteiger partial charge is 0.377 e. The van der Waals surface area contributed by atoms with Gasteiger partial charge in [0.1, 0.15) is 0 Å². The Kier molecular flexibility index (Phi) is 6.58. The fourth-order valence-corrected chi connectivity index (χ4v) is 3.26. The van der Waals surface area contributed by atoms with Crippen molar-refractivity contribution in [2.45, 2.75) is 39.3 Å². The van der Waals surface area contributed by atoms with Gasteiger partial charge in [-0.1, -0.05) is 6.92 Å². The zero-order valence-electron chi connectivity index (χ0n) is 10.1. The van der Waals surface area contributed by atoms with Gasteiger partial charge in [0.2, 0.25) is 0 Å². The summed E-state index contributed by atoms with van der Waals surface area (Å²) in [6.45, 7) is 8.07. The Morgan fingerprint density at radius 1 is 1.44 bits per heavy atom. The first kappa shape index (κ1) is 14.2. The summed E-state index contributed by atoms with van der Waals surface area (Å²) < 4.78 is 6.86. The molecular formula is C12H20BrNOS. The van der Waals surface area contributed by atoms with E-state index in [0.717, 1.165) is 19.6 Å². The topological polar surface area (TPSA) is 21.3 Å². The van der Waals surface area contributed by atoms with Crippen molar-refractivity contribution in [1.82, 2.24) is 5.32 Å². The molecule has 4 heteroatoms. The molecular weight excluding hydrogens is 286 g/mol. The highest BCUT2D eigenvalue weighted by atomic mass is 79.9. The summed E-state index contributed by atoms with van der Waals surface area (Å²) in [6, 6.07) is 4.68. The van der Waals surface area contributed by atoms with Crippen molar-refractivity contribution in [1.29, 1.82) is 0 Å². The molecule has 0 radical (unpaired) electrons. The van der Waals surface area contributed by atoms with Crippen LogP contribution in [-0.2, 0) is 11.2 Å². The van der Waals surface area contributed by atoms with Gasteiger partial charge in [0, 0.05) is 17.5 Å². The molecule has 0 saturated heterocycles. The maximum atomic E-state index is 5.67. The monoisotopic (exact) mass is 305 g/mol. The molecule has 0 saturated carbocycles. The highest BCUT2D eigenvalue weighted by Crippen LogP contribution is 2.23. The molecule has 1 heterocycles. The highest BCUT2D eigenvalue weighted by molar-refractivity contribution is 9.11. The van der Waals surface area contributed by atoms with Gasteiger partial charge in [-0.15, -0.1) is 11.3 Å². The average molecular weight is 306 g/mol. The molecule has 0 bridgehead atoms. The summed E-state index contributed by atoms with van der Waals surface area (Å²) >= 11 is 5.29. The summed E-state index contributed by atoms with van der Waals surface area (Å²) in [5, 5.41) is 3.49. The molecule has 2 nitrogen and oxygen atoms in total. The van der Waals surface area contributed by atoms with Gasteiger partial charge in [-0.2, -0.15) is 0 Å². The molecule has 92 valence electrons. The minimum Gasteiger partial charge on any atom is -0.377 e. The van der Waals surface area contributed by atoms with Crippen LogP contribution in [0.2, 0.25) is 0 Å². The smallest absolute Gasteiger partial charge is 0.0703 e. The van der Waals surface area contributed by atoms with Crippen LogP contribution in [0.5, 0.6) is 0 Å². The number of likely N-dealkylation sites (N-methyl/N-ethyl adjacent to an activating group) is 1. The van der Waals surface area contributed by atoms with E-state index in [1.54, 1.807) is 11.3 Å². The van der Waals surface area contributed by atoms with Crippen LogP contribution in [0.1, 0.15) is 25.6 Å². The number of rotatable bonds is 7. The summed E-state index contributed by atoms with van der Waals surface area (Å²) in [6.07, 6.45) is 1.29. The molecule has 1 aromatic rings. The van der Waals surface area contributed by atoms with E-state index >= 15 is 0 Å². The summed E-state index contributed by atoms with van der Waals surface area (Å²) in [4.78, 5) is 1.39. The van der Waals surface area contributed by atoms with Gasteiger partial charge in [0.05, 0.1) is 9.89 Å². The molecule has 0 amide bonds. The maximum absolute atomic E-state index is 5.67. The van der Waals surface area contributed by atoms with E-state index in [9.17, 15) is 0 Å². The normalized spacial score (nSPS) is 15.0. The maximum Gasteiger partial charge on any atom is 0.0703 e. The first-order valence-electron chi connectivity index (χ1n) is 5.76. The molecule has 0 aromatic carbocycles. The summed E-state index contributed by atoms with van der Waals surface area (Å²) in [7, 11) is 0. The zero-order valence-corrected chi connectivity index (χ0v) is 12.5. The lowest BCUT2D eigenvalue weighted by Gasteiger charge is -2.24. The van der Waals surface area contributed by atoms with Gasteiger partial charge in [-0.05, 0) is 54.9 Å². The van der Waals surface area contributed by atoms with Crippen LogP contribution >= 0.6 is 27.3 Å². The molecule has 0 aliphatic carbocycles. The minimum absolute atomic E-state index is 0.255. The van der Waals surface area contributed by atoms with E-state index in [4.69, 9.17) is 4.74 Å². The van der Waals surface area contributed by atoms with Crippen molar-refractivity contribution in [3.63, 3.8) is 0 Å². The Morgan fingerprint density at radius 3 is 2.69 bits per heavy atom. The van der Waals surface area contributed by atoms with Gasteiger partial charge >= 0.3 is 0 Å².